The first kappa shape index (κ1) is 27.3. The third kappa shape index (κ3) is 5.91. The molecular weight excluding hydrogens is 561 g/mol. The summed E-state index contributed by atoms with van der Waals surface area (Å²) < 4.78 is 67.0. The van der Waals surface area contributed by atoms with Crippen LogP contribution in [-0.2, 0) is 16.0 Å². The Bertz CT molecular complexity index is 1530. The summed E-state index contributed by atoms with van der Waals surface area (Å²) in [6.07, 6.45) is 1.01. The van der Waals surface area contributed by atoms with E-state index in [1.54, 1.807) is 0 Å². The topological polar surface area (TPSA) is 90.5 Å². The van der Waals surface area contributed by atoms with Crippen molar-refractivity contribution in [3.63, 3.8) is 0 Å². The van der Waals surface area contributed by atoms with Gasteiger partial charge in [0.25, 0.3) is 0 Å². The molecule has 214 valence electrons. The minimum absolute atomic E-state index is 0.0174. The highest BCUT2D eigenvalue weighted by atomic mass is 32.2. The summed E-state index contributed by atoms with van der Waals surface area (Å²) in [7, 11) is -1.56. The van der Waals surface area contributed by atoms with Gasteiger partial charge in [0, 0.05) is 56.0 Å². The highest BCUT2D eigenvalue weighted by Gasteiger charge is 2.37. The van der Waals surface area contributed by atoms with E-state index in [1.807, 2.05) is 12.1 Å². The molecule has 0 amide bonds. The second-order valence-electron chi connectivity index (χ2n) is 10.9. The van der Waals surface area contributed by atoms with Crippen molar-refractivity contribution < 1.29 is 21.6 Å². The molecule has 2 saturated carbocycles. The van der Waals surface area contributed by atoms with E-state index in [4.69, 9.17) is 0 Å². The first-order chi connectivity index (χ1) is 19.0. The van der Waals surface area contributed by atoms with Gasteiger partial charge in [-0.05, 0) is 68.5 Å². The first-order valence-electron chi connectivity index (χ1n) is 13.4. The van der Waals surface area contributed by atoms with Crippen molar-refractivity contribution in [3.05, 3.63) is 41.6 Å². The second kappa shape index (κ2) is 10.2. The van der Waals surface area contributed by atoms with E-state index in [1.165, 1.54) is 6.07 Å². The second-order valence-corrected chi connectivity index (χ2v) is 13.9. The normalized spacial score (nSPS) is 18.7. The number of aromatic nitrogens is 2. The Morgan fingerprint density at radius 3 is 2.40 bits per heavy atom. The zero-order chi connectivity index (χ0) is 28.2. The molecule has 13 heteroatoms. The largest absolute Gasteiger partial charge is 0.420 e. The van der Waals surface area contributed by atoms with Gasteiger partial charge in [0.05, 0.1) is 10.6 Å². The maximum absolute atomic E-state index is 14.0. The average Bonchev–Trinajstić information content (AvgIpc) is 3.82. The van der Waals surface area contributed by atoms with Crippen LogP contribution in [0.2, 0.25) is 0 Å². The highest BCUT2D eigenvalue weighted by Crippen LogP contribution is 2.46. The van der Waals surface area contributed by atoms with E-state index in [2.05, 4.69) is 43.5 Å². The molecule has 8 nitrogen and oxygen atoms in total. The number of alkyl halides is 3. The van der Waals surface area contributed by atoms with Crippen LogP contribution in [-0.4, -0.2) is 68.8 Å². The number of hydrogen-bond acceptors (Lipinski definition) is 9. The SMILES string of the molecule is CN1CCN(c2ccc(Nc3ncc(C(F)(F)F)c(-c4cc(S(C)(=O)=O)c(NC5CC5)s4)n3)c(C3CC3)c2)CC1. The molecule has 0 spiro atoms. The Kier molecular flexibility index (Phi) is 6.94. The molecule has 3 heterocycles. The van der Waals surface area contributed by atoms with Crippen LogP contribution in [0.25, 0.3) is 10.6 Å². The lowest BCUT2D eigenvalue weighted by Gasteiger charge is -2.34. The number of rotatable bonds is 8. The Balaban J connectivity index is 1.35. The van der Waals surface area contributed by atoms with Gasteiger partial charge in [0.2, 0.25) is 5.95 Å². The van der Waals surface area contributed by atoms with Crippen molar-refractivity contribution in [3.8, 4) is 10.6 Å². The Hall–Kier alpha value is -2.90. The monoisotopic (exact) mass is 592 g/mol. The van der Waals surface area contributed by atoms with Crippen molar-refractivity contribution in [2.24, 2.45) is 0 Å². The van der Waals surface area contributed by atoms with Crippen LogP contribution in [0.3, 0.4) is 0 Å². The Morgan fingerprint density at radius 1 is 1.05 bits per heavy atom. The molecule has 1 aliphatic heterocycles. The van der Waals surface area contributed by atoms with Crippen LogP contribution in [0.4, 0.5) is 35.5 Å². The van der Waals surface area contributed by atoms with Crippen molar-refractivity contribution in [2.45, 2.75) is 48.7 Å². The summed E-state index contributed by atoms with van der Waals surface area (Å²) >= 11 is 0.972. The molecular formula is C27H31F3N6O2S2. The summed E-state index contributed by atoms with van der Waals surface area (Å²) in [5.74, 6) is 0.415. The molecule has 0 atom stereocenters. The number of halogens is 3. The van der Waals surface area contributed by atoms with E-state index in [-0.39, 0.29) is 27.5 Å². The summed E-state index contributed by atoms with van der Waals surface area (Å²) in [4.78, 5) is 13.1. The van der Waals surface area contributed by atoms with E-state index < -0.39 is 21.6 Å². The molecule has 0 bridgehead atoms. The van der Waals surface area contributed by atoms with Gasteiger partial charge < -0.3 is 20.4 Å². The fraction of sp³-hybridized carbons (Fsp3) is 0.481. The standard InChI is InChI=1S/C27H31F3N6O2S2/c1-35-9-11-36(12-10-35)18-7-8-21(19(13-18)16-3-4-16)33-26-31-15-20(27(28,29)30)24(34-26)22-14-23(40(2,37)38)25(39-22)32-17-5-6-17/h7-8,13-17,32H,3-6,9-12H2,1-2H3,(H,31,33,34). The van der Waals surface area contributed by atoms with Crippen LogP contribution < -0.4 is 15.5 Å². The molecule has 0 radical (unpaired) electrons. The van der Waals surface area contributed by atoms with Gasteiger partial charge in [0.1, 0.15) is 15.5 Å². The number of piperazine rings is 1. The number of anilines is 4. The molecule has 2 N–H and O–H groups in total. The van der Waals surface area contributed by atoms with Gasteiger partial charge in [-0.3, -0.25) is 0 Å². The van der Waals surface area contributed by atoms with Crippen LogP contribution in [0, 0.1) is 0 Å². The molecule has 2 aromatic heterocycles. The maximum atomic E-state index is 14.0. The van der Waals surface area contributed by atoms with Crippen molar-refractivity contribution >= 4 is 43.5 Å². The summed E-state index contributed by atoms with van der Waals surface area (Å²) in [6, 6.07) is 7.56. The van der Waals surface area contributed by atoms with Gasteiger partial charge in [-0.2, -0.15) is 13.2 Å². The van der Waals surface area contributed by atoms with Crippen LogP contribution >= 0.6 is 11.3 Å². The van der Waals surface area contributed by atoms with Crippen molar-refractivity contribution in [2.75, 3.05) is 55.0 Å². The molecule has 3 aliphatic rings. The number of likely N-dealkylation sites (N-methyl/N-ethyl adjacent to an activating group) is 1. The Labute approximate surface area is 235 Å². The number of sulfone groups is 1. The Morgan fingerprint density at radius 2 is 1.77 bits per heavy atom. The predicted molar refractivity (Wildman–Crippen MR) is 152 cm³/mol. The first-order valence-corrected chi connectivity index (χ1v) is 16.1. The fourth-order valence-electron chi connectivity index (χ4n) is 4.90. The third-order valence-electron chi connectivity index (χ3n) is 7.50. The molecule has 1 aromatic carbocycles. The molecule has 6 rings (SSSR count). The summed E-state index contributed by atoms with van der Waals surface area (Å²) in [5.41, 5.74) is 1.66. The fourth-order valence-corrected chi connectivity index (χ4v) is 7.31. The predicted octanol–water partition coefficient (Wildman–Crippen LogP) is 5.57. The zero-order valence-corrected chi connectivity index (χ0v) is 23.9. The smallest absolute Gasteiger partial charge is 0.373 e. The van der Waals surface area contributed by atoms with Crippen molar-refractivity contribution in [1.29, 1.82) is 0 Å². The van der Waals surface area contributed by atoms with Gasteiger partial charge in [-0.25, -0.2) is 18.4 Å². The lowest BCUT2D eigenvalue weighted by Crippen LogP contribution is -2.44. The van der Waals surface area contributed by atoms with Gasteiger partial charge in [0.15, 0.2) is 9.84 Å². The van der Waals surface area contributed by atoms with Gasteiger partial charge in [-0.15, -0.1) is 11.3 Å². The van der Waals surface area contributed by atoms with E-state index in [0.29, 0.717) is 10.9 Å². The van der Waals surface area contributed by atoms with Gasteiger partial charge in [-0.1, -0.05) is 0 Å². The van der Waals surface area contributed by atoms with Gasteiger partial charge >= 0.3 is 6.18 Å². The van der Waals surface area contributed by atoms with Crippen molar-refractivity contribution in [1.82, 2.24) is 14.9 Å². The van der Waals surface area contributed by atoms with Crippen LogP contribution in [0.5, 0.6) is 0 Å². The quantitative estimate of drug-likeness (QED) is 0.351. The number of nitrogens with one attached hydrogen (secondary N) is 2. The van der Waals surface area contributed by atoms with E-state index >= 15 is 0 Å². The number of benzene rings is 1. The van der Waals surface area contributed by atoms with E-state index in [9.17, 15) is 21.6 Å². The molecule has 40 heavy (non-hydrogen) atoms. The molecule has 0 unspecified atom stereocenters. The molecule has 3 aromatic rings. The minimum Gasteiger partial charge on any atom is -0.373 e. The summed E-state index contributed by atoms with van der Waals surface area (Å²) in [5, 5.41) is 6.66. The minimum atomic E-state index is -4.71. The van der Waals surface area contributed by atoms with Crippen LogP contribution in [0.15, 0.2) is 35.4 Å². The third-order valence-corrected chi connectivity index (χ3v) is 9.83. The maximum Gasteiger partial charge on any atom is 0.420 e. The lowest BCUT2D eigenvalue weighted by molar-refractivity contribution is -0.137. The molecule has 3 fully saturated rings. The van der Waals surface area contributed by atoms with Crippen LogP contribution in [0.1, 0.15) is 42.7 Å². The zero-order valence-electron chi connectivity index (χ0n) is 22.3. The molecule has 2 aliphatic carbocycles. The average molecular weight is 593 g/mol. The number of hydrogen-bond donors (Lipinski definition) is 2. The summed E-state index contributed by atoms with van der Waals surface area (Å²) in [6.45, 7) is 3.85. The van der Waals surface area contributed by atoms with E-state index in [0.717, 1.165) is 92.6 Å². The molecule has 1 saturated heterocycles. The lowest BCUT2D eigenvalue weighted by atomic mass is 10.1. The number of nitrogens with zero attached hydrogens (tertiary/aromatic N) is 4. The number of thiophene rings is 1. The highest BCUT2D eigenvalue weighted by molar-refractivity contribution is 7.91.